The van der Waals surface area contributed by atoms with Crippen LogP contribution < -0.4 is 15.4 Å². The standard InChI is InChI=1S/C31H36F4N8O4.C7H12FN/c1-16-13-20(36)38-25(22(16)31(33,34)35)26-23(32)24-19(14-37-26)27(40-28(39-24)46-6)41(5)18-9-11-42(15-18)21(44)8-7-17-10-12-43(17)29(45)47-30(2,3)4;8-6-4-7-2-1-3-9(7)5-6/h7-8,13-14,17-18H,9-12,15H2,1-6H3,(H2,36,38);6-7H,1-5H2/b8-7+;. The van der Waals surface area contributed by atoms with Crippen molar-refractivity contribution in [3.63, 3.8) is 0 Å². The number of halogens is 5. The first-order chi connectivity index (χ1) is 26.3. The number of likely N-dealkylation sites (N-methyl/N-ethyl adjacent to an activating group) is 1. The molecule has 4 aliphatic heterocycles. The largest absolute Gasteiger partial charge is 0.467 e. The van der Waals surface area contributed by atoms with E-state index in [4.69, 9.17) is 15.2 Å². The average molecular weight is 790 g/mol. The van der Waals surface area contributed by atoms with Crippen LogP contribution >= 0.6 is 0 Å². The molecule has 2 N–H and O–H groups in total. The van der Waals surface area contributed by atoms with Gasteiger partial charge in [-0.1, -0.05) is 6.08 Å². The Morgan fingerprint density at radius 3 is 2.43 bits per heavy atom. The first-order valence-electron chi connectivity index (χ1n) is 18.7. The van der Waals surface area contributed by atoms with E-state index in [1.165, 1.54) is 39.1 Å². The Morgan fingerprint density at radius 1 is 1.04 bits per heavy atom. The Morgan fingerprint density at radius 2 is 1.79 bits per heavy atom. The number of nitrogens with zero attached hydrogens (tertiary/aromatic N) is 8. The normalized spacial score (nSPS) is 22.6. The maximum Gasteiger partial charge on any atom is 0.418 e. The highest BCUT2D eigenvalue weighted by Crippen LogP contribution is 2.41. The minimum absolute atomic E-state index is 0.126. The summed E-state index contributed by atoms with van der Waals surface area (Å²) in [5.41, 5.74) is 1.98. The number of fused-ring (bicyclic) bond motifs is 2. The van der Waals surface area contributed by atoms with Gasteiger partial charge in [0.1, 0.15) is 40.3 Å². The molecule has 0 aliphatic carbocycles. The van der Waals surface area contributed by atoms with Crippen molar-refractivity contribution in [3.8, 4) is 17.4 Å². The van der Waals surface area contributed by atoms with Gasteiger partial charge in [0.2, 0.25) is 5.91 Å². The molecule has 56 heavy (non-hydrogen) atoms. The van der Waals surface area contributed by atoms with Crippen LogP contribution in [0, 0.1) is 12.7 Å². The molecule has 0 bridgehead atoms. The lowest BCUT2D eigenvalue weighted by atomic mass is 10.0. The van der Waals surface area contributed by atoms with E-state index in [0.717, 1.165) is 19.0 Å². The molecule has 0 radical (unpaired) electrons. The van der Waals surface area contributed by atoms with Crippen molar-refractivity contribution in [2.75, 3.05) is 57.5 Å². The maximum absolute atomic E-state index is 16.1. The molecule has 13 nitrogen and oxygen atoms in total. The molecule has 7 rings (SSSR count). The molecule has 4 fully saturated rings. The number of nitrogen functional groups attached to an aromatic ring is 1. The molecule has 7 heterocycles. The lowest BCUT2D eigenvalue weighted by Gasteiger charge is -2.39. The van der Waals surface area contributed by atoms with Crippen LogP contribution in [0.3, 0.4) is 0 Å². The molecule has 4 saturated heterocycles. The molecule has 0 saturated carbocycles. The number of methoxy groups -OCH3 is 1. The number of amides is 2. The molecular weight excluding hydrogens is 741 g/mol. The van der Waals surface area contributed by atoms with Gasteiger partial charge in [0, 0.05) is 57.6 Å². The number of carbonyl (C=O) groups is 2. The Labute approximate surface area is 322 Å². The summed E-state index contributed by atoms with van der Waals surface area (Å²) >= 11 is 0. The van der Waals surface area contributed by atoms with Crippen LogP contribution in [-0.4, -0.2) is 123 Å². The predicted octanol–water partition coefficient (Wildman–Crippen LogP) is 5.94. The van der Waals surface area contributed by atoms with Gasteiger partial charge in [-0.25, -0.2) is 18.6 Å². The minimum atomic E-state index is -4.85. The van der Waals surface area contributed by atoms with Gasteiger partial charge < -0.3 is 29.9 Å². The summed E-state index contributed by atoms with van der Waals surface area (Å²) in [6.07, 6.45) is 3.13. The van der Waals surface area contributed by atoms with Crippen molar-refractivity contribution in [3.05, 3.63) is 41.4 Å². The van der Waals surface area contributed by atoms with E-state index in [1.54, 1.807) is 48.6 Å². The van der Waals surface area contributed by atoms with Gasteiger partial charge in [-0.05, 0) is 78.0 Å². The second kappa shape index (κ2) is 15.9. The fourth-order valence-electron chi connectivity index (χ4n) is 7.69. The van der Waals surface area contributed by atoms with E-state index in [2.05, 4.69) is 24.8 Å². The summed E-state index contributed by atoms with van der Waals surface area (Å²) in [7, 11) is 2.99. The monoisotopic (exact) mass is 789 g/mol. The van der Waals surface area contributed by atoms with Gasteiger partial charge in [-0.15, -0.1) is 0 Å². The van der Waals surface area contributed by atoms with Gasteiger partial charge in [0.05, 0.1) is 24.1 Å². The number of pyridine rings is 2. The smallest absolute Gasteiger partial charge is 0.418 e. The van der Waals surface area contributed by atoms with Crippen LogP contribution in [0.4, 0.5) is 38.4 Å². The summed E-state index contributed by atoms with van der Waals surface area (Å²) in [4.78, 5) is 49.0. The predicted molar refractivity (Wildman–Crippen MR) is 199 cm³/mol. The van der Waals surface area contributed by atoms with Gasteiger partial charge in [0.15, 0.2) is 5.82 Å². The number of nitrogens with two attached hydrogens (primary N) is 1. The van der Waals surface area contributed by atoms with Crippen molar-refractivity contribution in [1.29, 1.82) is 0 Å². The zero-order valence-corrected chi connectivity index (χ0v) is 32.4. The highest BCUT2D eigenvalue weighted by molar-refractivity contribution is 5.92. The number of alkyl halides is 4. The van der Waals surface area contributed by atoms with Gasteiger partial charge in [-0.3, -0.25) is 14.7 Å². The van der Waals surface area contributed by atoms with E-state index >= 15 is 4.39 Å². The number of hydrogen-bond acceptors (Lipinski definition) is 11. The summed E-state index contributed by atoms with van der Waals surface area (Å²) < 4.78 is 81.3. The molecule has 18 heteroatoms. The lowest BCUT2D eigenvalue weighted by Crippen LogP contribution is -2.51. The van der Waals surface area contributed by atoms with Crippen LogP contribution in [0.15, 0.2) is 24.4 Å². The highest BCUT2D eigenvalue weighted by atomic mass is 19.4. The second-order valence-electron chi connectivity index (χ2n) is 15.7. The molecular formula is C38H48F5N9O4. The Kier molecular flexibility index (Phi) is 11.6. The summed E-state index contributed by atoms with van der Waals surface area (Å²) in [6, 6.07) is 0.962. The Bertz CT molecular complexity index is 1980. The van der Waals surface area contributed by atoms with E-state index in [1.807, 2.05) is 0 Å². The maximum atomic E-state index is 16.1. The van der Waals surface area contributed by atoms with Crippen molar-refractivity contribution in [1.82, 2.24) is 34.6 Å². The number of ether oxygens (including phenoxy) is 2. The zero-order chi connectivity index (χ0) is 40.7. The number of anilines is 2. The lowest BCUT2D eigenvalue weighted by molar-refractivity contribution is -0.137. The van der Waals surface area contributed by atoms with Crippen molar-refractivity contribution in [2.24, 2.45) is 0 Å². The van der Waals surface area contributed by atoms with Crippen LogP contribution in [0.1, 0.15) is 64.0 Å². The minimum Gasteiger partial charge on any atom is -0.467 e. The van der Waals surface area contributed by atoms with Crippen LogP contribution in [-0.2, 0) is 15.7 Å². The molecule has 3 aromatic rings. The number of aromatic nitrogens is 4. The highest BCUT2D eigenvalue weighted by Gasteiger charge is 2.39. The molecule has 3 aromatic heterocycles. The number of rotatable bonds is 6. The van der Waals surface area contributed by atoms with Gasteiger partial charge in [-0.2, -0.15) is 23.1 Å². The first kappa shape index (κ1) is 40.8. The molecule has 304 valence electrons. The van der Waals surface area contributed by atoms with Crippen LogP contribution in [0.5, 0.6) is 6.01 Å². The third-order valence-corrected chi connectivity index (χ3v) is 10.5. The van der Waals surface area contributed by atoms with E-state index < -0.39 is 46.8 Å². The first-order valence-corrected chi connectivity index (χ1v) is 18.7. The number of carbonyl (C=O) groups excluding carboxylic acids is 2. The molecule has 4 atom stereocenters. The fraction of sp³-hybridized carbons (Fsp3) is 0.579. The third kappa shape index (κ3) is 8.74. The zero-order valence-electron chi connectivity index (χ0n) is 32.4. The van der Waals surface area contributed by atoms with Gasteiger partial charge >= 0.3 is 18.3 Å². The van der Waals surface area contributed by atoms with Crippen LogP contribution in [0.25, 0.3) is 22.3 Å². The Hall–Kier alpha value is -4.87. The quantitative estimate of drug-likeness (QED) is 0.234. The number of likely N-dealkylation sites (tertiary alicyclic amines) is 2. The summed E-state index contributed by atoms with van der Waals surface area (Å²) in [5, 5.41) is 0.126. The SMILES string of the molecule is COc1nc(N(C)C2CCN(C(=O)/C=C/C3CCN3C(=O)OC(C)(C)C)C2)c2cnc(-c3nc(N)cc(C)c3C(F)(F)F)c(F)c2n1.FC1CC2CCCN2C1. The number of aryl methyl sites for hydroxylation is 1. The average Bonchev–Trinajstić information content (AvgIpc) is 3.83. The second-order valence-corrected chi connectivity index (χ2v) is 15.7. The number of hydrogen-bond donors (Lipinski definition) is 1. The fourth-order valence-corrected chi connectivity index (χ4v) is 7.69. The van der Waals surface area contributed by atoms with Crippen molar-refractivity contribution >= 4 is 34.5 Å². The van der Waals surface area contributed by atoms with E-state index in [9.17, 15) is 27.2 Å². The summed E-state index contributed by atoms with van der Waals surface area (Å²) in [6.45, 7) is 9.71. The molecule has 4 unspecified atom stereocenters. The molecule has 0 spiro atoms. The molecule has 0 aromatic carbocycles. The van der Waals surface area contributed by atoms with E-state index in [-0.39, 0.29) is 52.1 Å². The van der Waals surface area contributed by atoms with Crippen molar-refractivity contribution < 1.29 is 41.0 Å². The molecule has 4 aliphatic rings. The van der Waals surface area contributed by atoms with Gasteiger partial charge in [0.25, 0.3) is 0 Å². The van der Waals surface area contributed by atoms with Crippen LogP contribution in [0.2, 0.25) is 0 Å². The third-order valence-electron chi connectivity index (χ3n) is 10.5. The topological polar surface area (TPSA) is 143 Å². The van der Waals surface area contributed by atoms with Crippen molar-refractivity contribution in [2.45, 2.75) is 95.9 Å². The summed E-state index contributed by atoms with van der Waals surface area (Å²) in [5.74, 6) is -1.39. The Balaban J connectivity index is 0.000000512. The van der Waals surface area contributed by atoms with E-state index in [0.29, 0.717) is 45.1 Å². The molecule has 2 amide bonds.